The average Bonchev–Trinajstić information content (AvgIpc) is 3.01. The predicted molar refractivity (Wildman–Crippen MR) is 76.8 cm³/mol. The Morgan fingerprint density at radius 2 is 2.05 bits per heavy atom. The molecule has 3 rings (SSSR count). The van der Waals surface area contributed by atoms with Gasteiger partial charge in [-0.15, -0.1) is 10.2 Å². The number of ether oxygens (including phenoxy) is 1. The molecular weight excluding hydrogens is 252 g/mol. The Balaban J connectivity index is 1.72. The van der Waals surface area contributed by atoms with Gasteiger partial charge in [-0.25, -0.2) is 0 Å². The molecule has 0 N–H and O–H groups in total. The fourth-order valence-electron chi connectivity index (χ4n) is 2.50. The van der Waals surface area contributed by atoms with E-state index in [1.54, 1.807) is 12.7 Å². The van der Waals surface area contributed by atoms with Gasteiger partial charge in [0, 0.05) is 24.3 Å². The van der Waals surface area contributed by atoms with Gasteiger partial charge in [-0.2, -0.15) is 0 Å². The molecule has 1 aromatic carbocycles. The summed E-state index contributed by atoms with van der Waals surface area (Å²) in [5.41, 5.74) is 2.31. The molecule has 1 aromatic heterocycles. The van der Waals surface area contributed by atoms with Crippen LogP contribution in [0.4, 0.5) is 0 Å². The zero-order valence-corrected chi connectivity index (χ0v) is 11.8. The largest absolute Gasteiger partial charge is 0.478 e. The molecule has 1 aliphatic rings. The van der Waals surface area contributed by atoms with E-state index >= 15 is 0 Å². The second kappa shape index (κ2) is 6.05. The molecular formula is C15H20N4O. The number of rotatable bonds is 5. The molecule has 0 saturated carbocycles. The fourth-order valence-corrected chi connectivity index (χ4v) is 2.50. The lowest BCUT2D eigenvalue weighted by molar-refractivity contribution is 0.0936. The molecule has 0 aliphatic carbocycles. The van der Waals surface area contributed by atoms with Crippen molar-refractivity contribution >= 4 is 0 Å². The fraction of sp³-hybridized carbons (Fsp3) is 0.467. The van der Waals surface area contributed by atoms with Crippen LogP contribution in [0.1, 0.15) is 31.7 Å². The molecule has 5 nitrogen and oxygen atoms in total. The van der Waals surface area contributed by atoms with Crippen LogP contribution >= 0.6 is 0 Å². The standard InChI is InChI=1S/C15H20N4O/c1-2-3-4-7-18-9-13-8-14(19-10-16-17-11-19)5-6-15(13)20-12-18/h5-6,8,10-11H,2-4,7,9,12H2,1H3. The SMILES string of the molecule is CCCCCN1COc2ccc(-n3cnnc3)cc2C1. The van der Waals surface area contributed by atoms with E-state index < -0.39 is 0 Å². The lowest BCUT2D eigenvalue weighted by Crippen LogP contribution is -2.32. The van der Waals surface area contributed by atoms with Crippen molar-refractivity contribution < 1.29 is 4.74 Å². The Morgan fingerprint density at radius 1 is 1.20 bits per heavy atom. The number of hydrogen-bond donors (Lipinski definition) is 0. The van der Waals surface area contributed by atoms with Gasteiger partial charge >= 0.3 is 0 Å². The third-order valence-corrected chi connectivity index (χ3v) is 3.64. The van der Waals surface area contributed by atoms with Gasteiger partial charge < -0.3 is 4.74 Å². The molecule has 0 saturated heterocycles. The van der Waals surface area contributed by atoms with Gasteiger partial charge in [0.05, 0.1) is 0 Å². The van der Waals surface area contributed by atoms with E-state index in [2.05, 4.69) is 28.1 Å². The number of unbranched alkanes of at least 4 members (excludes halogenated alkanes) is 2. The van der Waals surface area contributed by atoms with E-state index in [0.717, 1.165) is 24.5 Å². The summed E-state index contributed by atoms with van der Waals surface area (Å²) >= 11 is 0. The number of nitrogens with zero attached hydrogens (tertiary/aromatic N) is 4. The van der Waals surface area contributed by atoms with E-state index in [9.17, 15) is 0 Å². The summed E-state index contributed by atoms with van der Waals surface area (Å²) < 4.78 is 7.74. The van der Waals surface area contributed by atoms with Crippen LogP contribution in [0.2, 0.25) is 0 Å². The van der Waals surface area contributed by atoms with E-state index in [1.807, 2.05) is 16.7 Å². The van der Waals surface area contributed by atoms with Crippen LogP contribution in [0.15, 0.2) is 30.9 Å². The normalized spacial score (nSPS) is 14.8. The van der Waals surface area contributed by atoms with Crippen LogP contribution in [-0.2, 0) is 6.54 Å². The van der Waals surface area contributed by atoms with Crippen LogP contribution in [0.3, 0.4) is 0 Å². The summed E-state index contributed by atoms with van der Waals surface area (Å²) in [6.45, 7) is 4.98. The highest BCUT2D eigenvalue weighted by molar-refractivity contribution is 5.44. The van der Waals surface area contributed by atoms with Gasteiger partial charge in [-0.3, -0.25) is 9.47 Å². The molecule has 0 fully saturated rings. The highest BCUT2D eigenvalue weighted by Gasteiger charge is 2.17. The van der Waals surface area contributed by atoms with Gasteiger partial charge in [0.2, 0.25) is 0 Å². The number of aromatic nitrogens is 3. The zero-order chi connectivity index (χ0) is 13.8. The first-order chi connectivity index (χ1) is 9.86. The van der Waals surface area contributed by atoms with Crippen LogP contribution in [-0.4, -0.2) is 32.9 Å². The summed E-state index contributed by atoms with van der Waals surface area (Å²) in [6.07, 6.45) is 7.20. The summed E-state index contributed by atoms with van der Waals surface area (Å²) in [5, 5.41) is 7.69. The minimum absolute atomic E-state index is 0.697. The minimum atomic E-state index is 0.697. The summed E-state index contributed by atoms with van der Waals surface area (Å²) in [6, 6.07) is 6.23. The molecule has 0 radical (unpaired) electrons. The van der Waals surface area contributed by atoms with Gasteiger partial charge in [-0.1, -0.05) is 19.8 Å². The molecule has 0 atom stereocenters. The molecule has 5 heteroatoms. The Bertz CT molecular complexity index is 553. The van der Waals surface area contributed by atoms with Crippen molar-refractivity contribution in [2.45, 2.75) is 32.7 Å². The number of benzene rings is 1. The quantitative estimate of drug-likeness (QED) is 0.785. The van der Waals surface area contributed by atoms with Gasteiger partial charge in [-0.05, 0) is 24.6 Å². The highest BCUT2D eigenvalue weighted by Crippen LogP contribution is 2.27. The van der Waals surface area contributed by atoms with E-state index in [1.165, 1.54) is 24.8 Å². The molecule has 20 heavy (non-hydrogen) atoms. The zero-order valence-electron chi connectivity index (χ0n) is 11.8. The van der Waals surface area contributed by atoms with Gasteiger partial charge in [0.1, 0.15) is 25.1 Å². The Kier molecular flexibility index (Phi) is 3.97. The summed E-state index contributed by atoms with van der Waals surface area (Å²) in [7, 11) is 0. The number of fused-ring (bicyclic) bond motifs is 1. The first kappa shape index (κ1) is 13.1. The van der Waals surface area contributed by atoms with Crippen LogP contribution in [0, 0.1) is 0 Å². The van der Waals surface area contributed by atoms with Gasteiger partial charge in [0.25, 0.3) is 0 Å². The van der Waals surface area contributed by atoms with Crippen LogP contribution in [0.25, 0.3) is 5.69 Å². The smallest absolute Gasteiger partial charge is 0.142 e. The molecule has 106 valence electrons. The first-order valence-corrected chi connectivity index (χ1v) is 7.20. The monoisotopic (exact) mass is 272 g/mol. The lowest BCUT2D eigenvalue weighted by atomic mass is 10.1. The van der Waals surface area contributed by atoms with Crippen molar-refractivity contribution in [2.75, 3.05) is 13.3 Å². The maximum absolute atomic E-state index is 5.82. The molecule has 0 spiro atoms. The van der Waals surface area contributed by atoms with Crippen LogP contribution < -0.4 is 4.74 Å². The topological polar surface area (TPSA) is 43.2 Å². The van der Waals surface area contributed by atoms with Crippen LogP contribution in [0.5, 0.6) is 5.75 Å². The maximum Gasteiger partial charge on any atom is 0.142 e. The van der Waals surface area contributed by atoms with Crippen molar-refractivity contribution in [1.82, 2.24) is 19.7 Å². The second-order valence-electron chi connectivity index (χ2n) is 5.19. The lowest BCUT2D eigenvalue weighted by Gasteiger charge is -2.29. The molecule has 0 unspecified atom stereocenters. The van der Waals surface area contributed by atoms with E-state index in [0.29, 0.717) is 6.73 Å². The Hall–Kier alpha value is -1.88. The maximum atomic E-state index is 5.82. The average molecular weight is 272 g/mol. The molecule has 2 heterocycles. The van der Waals surface area contributed by atoms with Gasteiger partial charge in [0.15, 0.2) is 0 Å². The van der Waals surface area contributed by atoms with Crippen molar-refractivity contribution in [3.8, 4) is 11.4 Å². The molecule has 1 aliphatic heterocycles. The number of hydrogen-bond acceptors (Lipinski definition) is 4. The van der Waals surface area contributed by atoms with Crippen molar-refractivity contribution in [1.29, 1.82) is 0 Å². The van der Waals surface area contributed by atoms with Crippen molar-refractivity contribution in [3.63, 3.8) is 0 Å². The summed E-state index contributed by atoms with van der Waals surface area (Å²) in [5.74, 6) is 0.994. The Labute approximate surface area is 119 Å². The Morgan fingerprint density at radius 3 is 2.85 bits per heavy atom. The molecule has 2 aromatic rings. The van der Waals surface area contributed by atoms with E-state index in [-0.39, 0.29) is 0 Å². The van der Waals surface area contributed by atoms with E-state index in [4.69, 9.17) is 4.74 Å². The second-order valence-corrected chi connectivity index (χ2v) is 5.19. The predicted octanol–water partition coefficient (Wildman–Crippen LogP) is 2.61. The molecule has 0 bridgehead atoms. The third kappa shape index (κ3) is 2.82. The van der Waals surface area contributed by atoms with Crippen molar-refractivity contribution in [2.24, 2.45) is 0 Å². The minimum Gasteiger partial charge on any atom is -0.478 e. The van der Waals surface area contributed by atoms with Crippen molar-refractivity contribution in [3.05, 3.63) is 36.4 Å². The molecule has 0 amide bonds. The summed E-state index contributed by atoms with van der Waals surface area (Å²) in [4.78, 5) is 2.36. The first-order valence-electron chi connectivity index (χ1n) is 7.20. The highest BCUT2D eigenvalue weighted by atomic mass is 16.5. The third-order valence-electron chi connectivity index (χ3n) is 3.64.